The lowest BCUT2D eigenvalue weighted by molar-refractivity contribution is 0.0356. The van der Waals surface area contributed by atoms with E-state index in [1.807, 2.05) is 0 Å². The zero-order valence-electron chi connectivity index (χ0n) is 11.3. The molecule has 0 radical (unpaired) electrons. The van der Waals surface area contributed by atoms with E-state index < -0.39 is 0 Å². The van der Waals surface area contributed by atoms with Crippen LogP contribution in [0.1, 0.15) is 52.9 Å². The number of rotatable bonds is 7. The summed E-state index contributed by atoms with van der Waals surface area (Å²) in [5, 5.41) is 3.66. The van der Waals surface area contributed by atoms with Crippen molar-refractivity contribution in [3.63, 3.8) is 0 Å². The topological polar surface area (TPSA) is 21.3 Å². The van der Waals surface area contributed by atoms with Gasteiger partial charge in [-0.25, -0.2) is 0 Å². The second-order valence-corrected chi connectivity index (χ2v) is 5.27. The van der Waals surface area contributed by atoms with Gasteiger partial charge in [0.1, 0.15) is 0 Å². The number of hydrogen-bond donors (Lipinski definition) is 1. The maximum absolute atomic E-state index is 5.61. The van der Waals surface area contributed by atoms with Crippen molar-refractivity contribution in [1.82, 2.24) is 5.32 Å². The predicted molar refractivity (Wildman–Crippen MR) is 69.7 cm³/mol. The largest absolute Gasteiger partial charge is 0.381 e. The Labute approximate surface area is 101 Å². The first-order valence-electron chi connectivity index (χ1n) is 7.09. The lowest BCUT2D eigenvalue weighted by Gasteiger charge is -2.32. The minimum absolute atomic E-state index is 0.673. The summed E-state index contributed by atoms with van der Waals surface area (Å²) in [5.41, 5.74) is 0. The molecule has 0 aromatic rings. The molecule has 1 fully saturated rings. The molecule has 0 aromatic carbocycles. The van der Waals surface area contributed by atoms with Gasteiger partial charge in [0, 0.05) is 12.6 Å². The van der Waals surface area contributed by atoms with Crippen LogP contribution in [-0.4, -0.2) is 25.8 Å². The van der Waals surface area contributed by atoms with Crippen LogP contribution >= 0.6 is 0 Å². The van der Waals surface area contributed by atoms with E-state index in [0.29, 0.717) is 6.04 Å². The highest BCUT2D eigenvalue weighted by molar-refractivity contribution is 4.79. The van der Waals surface area contributed by atoms with E-state index in [-0.39, 0.29) is 0 Å². The summed E-state index contributed by atoms with van der Waals surface area (Å²) in [6.45, 7) is 9.90. The Morgan fingerprint density at radius 2 is 2.19 bits per heavy atom. The SMILES string of the molecule is CCCC(C)CC(NCC)C1CCCOC1. The first-order valence-corrected chi connectivity index (χ1v) is 7.09. The molecule has 1 rings (SSSR count). The van der Waals surface area contributed by atoms with Crippen LogP contribution in [0.25, 0.3) is 0 Å². The van der Waals surface area contributed by atoms with Gasteiger partial charge < -0.3 is 10.1 Å². The standard InChI is InChI=1S/C14H29NO/c1-4-7-12(3)10-14(15-5-2)13-8-6-9-16-11-13/h12-15H,4-11H2,1-3H3. The maximum atomic E-state index is 5.61. The van der Waals surface area contributed by atoms with Crippen molar-refractivity contribution < 1.29 is 4.74 Å². The predicted octanol–water partition coefficient (Wildman–Crippen LogP) is 3.22. The Kier molecular flexibility index (Phi) is 7.06. The highest BCUT2D eigenvalue weighted by Crippen LogP contribution is 2.23. The Morgan fingerprint density at radius 1 is 1.38 bits per heavy atom. The first kappa shape index (κ1) is 14.0. The van der Waals surface area contributed by atoms with Crippen molar-refractivity contribution in [2.24, 2.45) is 11.8 Å². The summed E-state index contributed by atoms with van der Waals surface area (Å²) in [7, 11) is 0. The van der Waals surface area contributed by atoms with Gasteiger partial charge in [-0.05, 0) is 37.6 Å². The van der Waals surface area contributed by atoms with Crippen LogP contribution in [0.3, 0.4) is 0 Å². The molecule has 2 nitrogen and oxygen atoms in total. The van der Waals surface area contributed by atoms with Crippen molar-refractivity contribution in [1.29, 1.82) is 0 Å². The molecule has 0 saturated carbocycles. The van der Waals surface area contributed by atoms with E-state index in [2.05, 4.69) is 26.1 Å². The fraction of sp³-hybridized carbons (Fsp3) is 1.00. The van der Waals surface area contributed by atoms with Gasteiger partial charge in [0.25, 0.3) is 0 Å². The molecule has 0 aliphatic carbocycles. The van der Waals surface area contributed by atoms with Crippen LogP contribution in [0.4, 0.5) is 0 Å². The molecule has 3 unspecified atom stereocenters. The van der Waals surface area contributed by atoms with Crippen LogP contribution in [0.2, 0.25) is 0 Å². The minimum atomic E-state index is 0.673. The zero-order valence-corrected chi connectivity index (χ0v) is 11.3. The van der Waals surface area contributed by atoms with E-state index in [1.54, 1.807) is 0 Å². The molecular formula is C14H29NO. The molecule has 1 N–H and O–H groups in total. The summed E-state index contributed by atoms with van der Waals surface area (Å²) < 4.78 is 5.61. The van der Waals surface area contributed by atoms with Crippen molar-refractivity contribution in [2.75, 3.05) is 19.8 Å². The monoisotopic (exact) mass is 227 g/mol. The molecule has 16 heavy (non-hydrogen) atoms. The number of ether oxygens (including phenoxy) is 1. The zero-order chi connectivity index (χ0) is 11.8. The van der Waals surface area contributed by atoms with Crippen LogP contribution in [0, 0.1) is 11.8 Å². The third-order valence-corrected chi connectivity index (χ3v) is 3.67. The quantitative estimate of drug-likeness (QED) is 0.721. The highest BCUT2D eigenvalue weighted by atomic mass is 16.5. The molecule has 3 atom stereocenters. The van der Waals surface area contributed by atoms with Gasteiger partial charge >= 0.3 is 0 Å². The van der Waals surface area contributed by atoms with Gasteiger partial charge in [-0.2, -0.15) is 0 Å². The van der Waals surface area contributed by atoms with Gasteiger partial charge in [-0.15, -0.1) is 0 Å². The maximum Gasteiger partial charge on any atom is 0.0509 e. The molecular weight excluding hydrogens is 198 g/mol. The van der Waals surface area contributed by atoms with Crippen molar-refractivity contribution >= 4 is 0 Å². The van der Waals surface area contributed by atoms with Gasteiger partial charge in [-0.3, -0.25) is 0 Å². The minimum Gasteiger partial charge on any atom is -0.381 e. The van der Waals surface area contributed by atoms with Crippen LogP contribution < -0.4 is 5.32 Å². The van der Waals surface area contributed by atoms with Crippen LogP contribution in [0.15, 0.2) is 0 Å². The second-order valence-electron chi connectivity index (χ2n) is 5.27. The summed E-state index contributed by atoms with van der Waals surface area (Å²) in [6.07, 6.45) is 6.57. The van der Waals surface area contributed by atoms with Crippen LogP contribution in [-0.2, 0) is 4.74 Å². The van der Waals surface area contributed by atoms with Gasteiger partial charge in [0.2, 0.25) is 0 Å². The van der Waals surface area contributed by atoms with E-state index in [0.717, 1.165) is 31.6 Å². The molecule has 1 aliphatic rings. The molecule has 1 saturated heterocycles. The van der Waals surface area contributed by atoms with Crippen molar-refractivity contribution in [3.8, 4) is 0 Å². The number of nitrogens with one attached hydrogen (secondary N) is 1. The summed E-state index contributed by atoms with van der Waals surface area (Å²) in [5.74, 6) is 1.59. The highest BCUT2D eigenvalue weighted by Gasteiger charge is 2.24. The lowest BCUT2D eigenvalue weighted by Crippen LogP contribution is -2.41. The van der Waals surface area contributed by atoms with Gasteiger partial charge in [0.15, 0.2) is 0 Å². The Hall–Kier alpha value is -0.0800. The average Bonchev–Trinajstić information content (AvgIpc) is 2.30. The fourth-order valence-electron chi connectivity index (χ4n) is 2.83. The summed E-state index contributed by atoms with van der Waals surface area (Å²) >= 11 is 0. The Bertz CT molecular complexity index is 166. The van der Waals surface area contributed by atoms with E-state index >= 15 is 0 Å². The summed E-state index contributed by atoms with van der Waals surface area (Å²) in [6, 6.07) is 0.673. The van der Waals surface area contributed by atoms with E-state index in [1.165, 1.54) is 32.1 Å². The molecule has 1 aliphatic heterocycles. The van der Waals surface area contributed by atoms with E-state index in [4.69, 9.17) is 4.74 Å². The number of hydrogen-bond acceptors (Lipinski definition) is 2. The Balaban J connectivity index is 2.38. The second kappa shape index (κ2) is 8.08. The fourth-order valence-corrected chi connectivity index (χ4v) is 2.83. The smallest absolute Gasteiger partial charge is 0.0509 e. The molecule has 0 aromatic heterocycles. The third-order valence-electron chi connectivity index (χ3n) is 3.67. The normalized spacial score (nSPS) is 25.3. The Morgan fingerprint density at radius 3 is 2.75 bits per heavy atom. The van der Waals surface area contributed by atoms with Crippen LogP contribution in [0.5, 0.6) is 0 Å². The molecule has 96 valence electrons. The van der Waals surface area contributed by atoms with Gasteiger partial charge in [0.05, 0.1) is 6.61 Å². The molecule has 0 amide bonds. The van der Waals surface area contributed by atoms with Crippen molar-refractivity contribution in [2.45, 2.75) is 58.9 Å². The third kappa shape index (κ3) is 4.84. The van der Waals surface area contributed by atoms with E-state index in [9.17, 15) is 0 Å². The summed E-state index contributed by atoms with van der Waals surface area (Å²) in [4.78, 5) is 0. The molecule has 1 heterocycles. The average molecular weight is 227 g/mol. The van der Waals surface area contributed by atoms with Crippen molar-refractivity contribution in [3.05, 3.63) is 0 Å². The lowest BCUT2D eigenvalue weighted by atomic mass is 9.86. The first-order chi connectivity index (χ1) is 7.77. The molecule has 0 bridgehead atoms. The molecule has 0 spiro atoms. The molecule has 2 heteroatoms. The van der Waals surface area contributed by atoms with Gasteiger partial charge in [-0.1, -0.05) is 33.6 Å².